The number of carbonyl (C=O) groups is 1. The Morgan fingerprint density at radius 1 is 1.36 bits per heavy atom. The first-order chi connectivity index (χ1) is 6.33. The third-order valence-corrected chi connectivity index (χ3v) is 1.66. The number of anilines is 1. The van der Waals surface area contributed by atoms with Crippen molar-refractivity contribution in [3.8, 4) is 0 Å². The second-order valence-electron chi connectivity index (χ2n) is 2.62. The highest BCUT2D eigenvalue weighted by Gasteiger charge is 1.98. The molecule has 0 radical (unpaired) electrons. The summed E-state index contributed by atoms with van der Waals surface area (Å²) >= 11 is 0. The molecule has 0 atom stereocenters. The lowest BCUT2D eigenvalue weighted by Gasteiger charge is -2.04. The topological polar surface area (TPSA) is 38.3 Å². The van der Waals surface area contributed by atoms with Crippen LogP contribution >= 0.6 is 12.4 Å². The van der Waals surface area contributed by atoms with E-state index in [0.717, 1.165) is 5.69 Å². The fourth-order valence-corrected chi connectivity index (χ4v) is 0.967. The Hall–Kier alpha value is -1.22. The van der Waals surface area contributed by atoms with Gasteiger partial charge in [-0.15, -0.1) is 12.4 Å². The van der Waals surface area contributed by atoms with Crippen LogP contribution < -0.4 is 5.32 Å². The third-order valence-electron chi connectivity index (χ3n) is 1.66. The normalized spacial score (nSPS) is 8.64. The SMILES string of the molecule is COC(=O)CCNc1ccccc1.Cl. The third kappa shape index (κ3) is 4.72. The van der Waals surface area contributed by atoms with Crippen molar-refractivity contribution >= 4 is 24.1 Å². The Morgan fingerprint density at radius 2 is 2.00 bits per heavy atom. The Bertz CT molecular complexity index is 264. The first-order valence-electron chi connectivity index (χ1n) is 4.18. The summed E-state index contributed by atoms with van der Waals surface area (Å²) in [6.45, 7) is 0.608. The zero-order valence-electron chi connectivity index (χ0n) is 8.03. The zero-order valence-corrected chi connectivity index (χ0v) is 8.84. The summed E-state index contributed by atoms with van der Waals surface area (Å²) in [4.78, 5) is 10.7. The van der Waals surface area contributed by atoms with Gasteiger partial charge in [0.2, 0.25) is 0 Å². The van der Waals surface area contributed by atoms with Crippen molar-refractivity contribution in [1.82, 2.24) is 0 Å². The molecule has 0 aromatic heterocycles. The molecular weight excluding hydrogens is 202 g/mol. The molecule has 0 aliphatic rings. The van der Waals surface area contributed by atoms with E-state index >= 15 is 0 Å². The van der Waals surface area contributed by atoms with Gasteiger partial charge in [-0.25, -0.2) is 0 Å². The van der Waals surface area contributed by atoms with Gasteiger partial charge in [0, 0.05) is 12.2 Å². The second kappa shape index (κ2) is 7.21. The molecule has 1 N–H and O–H groups in total. The molecule has 14 heavy (non-hydrogen) atoms. The van der Waals surface area contributed by atoms with E-state index in [1.165, 1.54) is 7.11 Å². The summed E-state index contributed by atoms with van der Waals surface area (Å²) in [6.07, 6.45) is 0.394. The first kappa shape index (κ1) is 12.8. The predicted octanol–water partition coefficient (Wildman–Crippen LogP) is 2.08. The summed E-state index contributed by atoms with van der Waals surface area (Å²) < 4.78 is 4.51. The van der Waals surface area contributed by atoms with Gasteiger partial charge in [-0.1, -0.05) is 18.2 Å². The van der Waals surface area contributed by atoms with Crippen LogP contribution in [0.5, 0.6) is 0 Å². The van der Waals surface area contributed by atoms with Crippen molar-refractivity contribution in [2.24, 2.45) is 0 Å². The van der Waals surface area contributed by atoms with E-state index in [9.17, 15) is 4.79 Å². The molecule has 1 rings (SSSR count). The van der Waals surface area contributed by atoms with Gasteiger partial charge in [0.1, 0.15) is 0 Å². The van der Waals surface area contributed by atoms with Crippen LogP contribution in [0, 0.1) is 0 Å². The minimum atomic E-state index is -0.191. The van der Waals surface area contributed by atoms with Crippen LogP contribution in [0.4, 0.5) is 5.69 Å². The fourth-order valence-electron chi connectivity index (χ4n) is 0.967. The number of nitrogens with one attached hydrogen (secondary N) is 1. The molecule has 78 valence electrons. The Kier molecular flexibility index (Phi) is 6.58. The maximum absolute atomic E-state index is 10.7. The van der Waals surface area contributed by atoms with E-state index < -0.39 is 0 Å². The van der Waals surface area contributed by atoms with E-state index in [0.29, 0.717) is 13.0 Å². The van der Waals surface area contributed by atoms with Crippen LogP contribution in [0.2, 0.25) is 0 Å². The fraction of sp³-hybridized carbons (Fsp3) is 0.300. The molecule has 1 aromatic carbocycles. The predicted molar refractivity (Wildman–Crippen MR) is 58.8 cm³/mol. The van der Waals surface area contributed by atoms with E-state index in [1.807, 2.05) is 30.3 Å². The maximum atomic E-state index is 10.7. The number of halogens is 1. The van der Waals surface area contributed by atoms with Gasteiger partial charge in [0.15, 0.2) is 0 Å². The van der Waals surface area contributed by atoms with Crippen molar-refractivity contribution in [3.05, 3.63) is 30.3 Å². The standard InChI is InChI=1S/C10H13NO2.ClH/c1-13-10(12)7-8-11-9-5-3-2-4-6-9;/h2-6,11H,7-8H2,1H3;1H. The zero-order chi connectivity index (χ0) is 9.52. The number of hydrogen-bond acceptors (Lipinski definition) is 3. The van der Waals surface area contributed by atoms with Crippen LogP contribution in [-0.2, 0) is 9.53 Å². The number of hydrogen-bond donors (Lipinski definition) is 1. The molecule has 0 amide bonds. The average molecular weight is 216 g/mol. The van der Waals surface area contributed by atoms with Crippen LogP contribution in [-0.4, -0.2) is 19.6 Å². The molecule has 0 saturated heterocycles. The lowest BCUT2D eigenvalue weighted by Crippen LogP contribution is -2.09. The number of benzene rings is 1. The van der Waals surface area contributed by atoms with Crippen LogP contribution in [0.15, 0.2) is 30.3 Å². The van der Waals surface area contributed by atoms with E-state index in [-0.39, 0.29) is 18.4 Å². The molecule has 4 heteroatoms. The first-order valence-corrected chi connectivity index (χ1v) is 4.18. The van der Waals surface area contributed by atoms with Gasteiger partial charge in [-0.2, -0.15) is 0 Å². The van der Waals surface area contributed by atoms with Crippen molar-refractivity contribution in [3.63, 3.8) is 0 Å². The monoisotopic (exact) mass is 215 g/mol. The second-order valence-corrected chi connectivity index (χ2v) is 2.62. The van der Waals surface area contributed by atoms with E-state index in [2.05, 4.69) is 10.1 Å². The summed E-state index contributed by atoms with van der Waals surface area (Å²) in [5, 5.41) is 3.11. The number of rotatable bonds is 4. The number of esters is 1. The molecule has 0 heterocycles. The molecule has 1 aromatic rings. The molecule has 0 bridgehead atoms. The number of ether oxygens (including phenoxy) is 1. The quantitative estimate of drug-likeness (QED) is 0.782. The molecule has 0 saturated carbocycles. The molecular formula is C10H14ClNO2. The number of carbonyl (C=O) groups excluding carboxylic acids is 1. The van der Waals surface area contributed by atoms with Gasteiger partial charge < -0.3 is 10.1 Å². The Morgan fingerprint density at radius 3 is 2.57 bits per heavy atom. The van der Waals surface area contributed by atoms with Gasteiger partial charge in [0.05, 0.1) is 13.5 Å². The Labute approximate surface area is 89.9 Å². The highest BCUT2D eigenvalue weighted by Crippen LogP contribution is 2.04. The van der Waals surface area contributed by atoms with Crippen molar-refractivity contribution in [1.29, 1.82) is 0 Å². The minimum absolute atomic E-state index is 0. The average Bonchev–Trinajstić information content (AvgIpc) is 2.19. The highest BCUT2D eigenvalue weighted by molar-refractivity contribution is 5.85. The van der Waals surface area contributed by atoms with Gasteiger partial charge >= 0.3 is 5.97 Å². The van der Waals surface area contributed by atoms with Crippen LogP contribution in [0.1, 0.15) is 6.42 Å². The van der Waals surface area contributed by atoms with Crippen LogP contribution in [0.25, 0.3) is 0 Å². The van der Waals surface area contributed by atoms with Gasteiger partial charge in [0.25, 0.3) is 0 Å². The molecule has 0 aliphatic carbocycles. The summed E-state index contributed by atoms with van der Waals surface area (Å²) in [7, 11) is 1.39. The van der Waals surface area contributed by atoms with Crippen LogP contribution in [0.3, 0.4) is 0 Å². The van der Waals surface area contributed by atoms with Gasteiger partial charge in [-0.3, -0.25) is 4.79 Å². The smallest absolute Gasteiger partial charge is 0.307 e. The van der Waals surface area contributed by atoms with E-state index in [1.54, 1.807) is 0 Å². The maximum Gasteiger partial charge on any atom is 0.307 e. The molecule has 0 fully saturated rings. The Balaban J connectivity index is 0.00000169. The molecule has 0 spiro atoms. The summed E-state index contributed by atoms with van der Waals surface area (Å²) in [5.41, 5.74) is 1.02. The number of para-hydroxylation sites is 1. The molecule has 0 unspecified atom stereocenters. The lowest BCUT2D eigenvalue weighted by atomic mass is 10.3. The molecule has 0 aliphatic heterocycles. The van der Waals surface area contributed by atoms with Crippen molar-refractivity contribution in [2.75, 3.05) is 19.0 Å². The molecule has 3 nitrogen and oxygen atoms in total. The van der Waals surface area contributed by atoms with E-state index in [4.69, 9.17) is 0 Å². The highest BCUT2D eigenvalue weighted by atomic mass is 35.5. The number of methoxy groups -OCH3 is 1. The largest absolute Gasteiger partial charge is 0.469 e. The minimum Gasteiger partial charge on any atom is -0.469 e. The van der Waals surface area contributed by atoms with Crippen molar-refractivity contribution < 1.29 is 9.53 Å². The van der Waals surface area contributed by atoms with Gasteiger partial charge in [-0.05, 0) is 12.1 Å². The summed E-state index contributed by atoms with van der Waals surface area (Å²) in [5.74, 6) is -0.191. The van der Waals surface area contributed by atoms with Crippen molar-refractivity contribution in [2.45, 2.75) is 6.42 Å². The lowest BCUT2D eigenvalue weighted by molar-refractivity contribution is -0.140. The summed E-state index contributed by atoms with van der Waals surface area (Å²) in [6, 6.07) is 9.75.